The van der Waals surface area contributed by atoms with Gasteiger partial charge in [-0.05, 0) is 32.9 Å². The second-order valence-corrected chi connectivity index (χ2v) is 4.98. The Morgan fingerprint density at radius 3 is 2.65 bits per heavy atom. The Morgan fingerprint density at radius 1 is 1.35 bits per heavy atom. The minimum absolute atomic E-state index is 0.0986. The second-order valence-electron chi connectivity index (χ2n) is 4.98. The third-order valence-corrected chi connectivity index (χ3v) is 3.78. The molecule has 0 aromatic rings. The van der Waals surface area contributed by atoms with Gasteiger partial charge in [0.2, 0.25) is 5.91 Å². The van der Waals surface area contributed by atoms with E-state index in [-0.39, 0.29) is 18.5 Å². The van der Waals surface area contributed by atoms with Gasteiger partial charge in [0.15, 0.2) is 0 Å². The Labute approximate surface area is 102 Å². The molecule has 0 spiro atoms. The van der Waals surface area contributed by atoms with Gasteiger partial charge in [0.25, 0.3) is 0 Å². The molecule has 2 fully saturated rings. The third kappa shape index (κ3) is 2.97. The fraction of sp³-hybridized carbons (Fsp3) is 0.833. The summed E-state index contributed by atoms with van der Waals surface area (Å²) in [6.07, 6.45) is 6.12. The number of hydrogen-bond donors (Lipinski definition) is 1. The average Bonchev–Trinajstić information content (AvgIpc) is 2.93. The highest BCUT2D eigenvalue weighted by molar-refractivity contribution is 6.01. The topological polar surface area (TPSA) is 52.6 Å². The van der Waals surface area contributed by atoms with Gasteiger partial charge >= 0.3 is 6.03 Å². The van der Waals surface area contributed by atoms with E-state index in [0.29, 0.717) is 12.6 Å². The summed E-state index contributed by atoms with van der Waals surface area (Å²) >= 11 is 0. The normalized spacial score (nSPS) is 21.6. The van der Waals surface area contributed by atoms with Gasteiger partial charge in [-0.3, -0.25) is 9.69 Å². The van der Waals surface area contributed by atoms with Crippen LogP contribution in [0.3, 0.4) is 0 Å². The van der Waals surface area contributed by atoms with Gasteiger partial charge < -0.3 is 10.2 Å². The molecule has 17 heavy (non-hydrogen) atoms. The van der Waals surface area contributed by atoms with Crippen molar-refractivity contribution in [1.29, 1.82) is 0 Å². The van der Waals surface area contributed by atoms with Crippen LogP contribution >= 0.6 is 0 Å². The maximum atomic E-state index is 11.3. The van der Waals surface area contributed by atoms with E-state index in [4.69, 9.17) is 0 Å². The second kappa shape index (κ2) is 5.49. The van der Waals surface area contributed by atoms with Gasteiger partial charge in [0.05, 0.1) is 6.54 Å². The van der Waals surface area contributed by atoms with E-state index in [2.05, 4.69) is 17.3 Å². The molecule has 1 saturated carbocycles. The summed E-state index contributed by atoms with van der Waals surface area (Å²) in [4.78, 5) is 26.3. The number of carbonyl (C=O) groups excluding carboxylic acids is 2. The predicted molar refractivity (Wildman–Crippen MR) is 64.6 cm³/mol. The Kier molecular flexibility index (Phi) is 3.99. The summed E-state index contributed by atoms with van der Waals surface area (Å²) in [5, 5.41) is 2.54. The quantitative estimate of drug-likeness (QED) is 0.722. The van der Waals surface area contributed by atoms with Crippen LogP contribution in [0.5, 0.6) is 0 Å². The fourth-order valence-electron chi connectivity index (χ4n) is 2.69. The minimum atomic E-state index is -0.237. The number of nitrogens with one attached hydrogen (secondary N) is 1. The van der Waals surface area contributed by atoms with Crippen molar-refractivity contribution in [2.45, 2.75) is 38.1 Å². The molecule has 0 aromatic carbocycles. The molecular weight excluding hydrogens is 218 g/mol. The number of urea groups is 1. The van der Waals surface area contributed by atoms with Crippen molar-refractivity contribution >= 4 is 11.9 Å². The monoisotopic (exact) mass is 239 g/mol. The summed E-state index contributed by atoms with van der Waals surface area (Å²) in [7, 11) is 2.14. The zero-order valence-electron chi connectivity index (χ0n) is 10.4. The van der Waals surface area contributed by atoms with Crippen LogP contribution in [-0.2, 0) is 4.79 Å². The molecule has 1 aliphatic carbocycles. The first-order valence-corrected chi connectivity index (χ1v) is 6.47. The zero-order chi connectivity index (χ0) is 12.3. The van der Waals surface area contributed by atoms with Crippen LogP contribution in [0, 0.1) is 0 Å². The van der Waals surface area contributed by atoms with E-state index in [0.717, 1.165) is 13.0 Å². The molecule has 0 aromatic heterocycles. The van der Waals surface area contributed by atoms with Gasteiger partial charge in [-0.25, -0.2) is 4.79 Å². The lowest BCUT2D eigenvalue weighted by molar-refractivity contribution is -0.125. The van der Waals surface area contributed by atoms with E-state index in [1.807, 2.05) is 0 Å². The summed E-state index contributed by atoms with van der Waals surface area (Å²) in [5.74, 6) is -0.0986. The molecule has 5 heteroatoms. The number of amides is 3. The molecule has 1 N–H and O–H groups in total. The molecule has 0 atom stereocenters. The molecule has 5 nitrogen and oxygen atoms in total. The van der Waals surface area contributed by atoms with Gasteiger partial charge in [0.1, 0.15) is 0 Å². The lowest BCUT2D eigenvalue weighted by Gasteiger charge is -2.24. The first-order valence-electron chi connectivity index (χ1n) is 6.47. The van der Waals surface area contributed by atoms with Crippen LogP contribution in [0.4, 0.5) is 4.79 Å². The molecule has 2 aliphatic rings. The third-order valence-electron chi connectivity index (χ3n) is 3.78. The van der Waals surface area contributed by atoms with E-state index in [9.17, 15) is 9.59 Å². The smallest absolute Gasteiger partial charge is 0.324 e. The van der Waals surface area contributed by atoms with Crippen molar-refractivity contribution in [3.63, 3.8) is 0 Å². The molecule has 1 heterocycles. The summed E-state index contributed by atoms with van der Waals surface area (Å²) in [5.41, 5.74) is 0. The summed E-state index contributed by atoms with van der Waals surface area (Å²) < 4.78 is 0. The van der Waals surface area contributed by atoms with Crippen LogP contribution < -0.4 is 5.32 Å². The lowest BCUT2D eigenvalue weighted by atomic mass is 10.2. The molecule has 96 valence electrons. The standard InChI is InChI=1S/C12H21N3O2/c1-14(10-5-2-3-6-10)7-4-8-15-11(16)9-13-12(15)17/h10H,2-9H2,1H3,(H,13,17). The zero-order valence-corrected chi connectivity index (χ0v) is 10.4. The van der Waals surface area contributed by atoms with Crippen molar-refractivity contribution in [2.75, 3.05) is 26.7 Å². The maximum absolute atomic E-state index is 11.3. The first kappa shape index (κ1) is 12.4. The van der Waals surface area contributed by atoms with Gasteiger partial charge in [-0.1, -0.05) is 12.8 Å². The SMILES string of the molecule is CN(CCCN1C(=O)CNC1=O)C1CCCC1. The summed E-state index contributed by atoms with van der Waals surface area (Å²) in [6, 6.07) is 0.469. The van der Waals surface area contributed by atoms with E-state index in [1.165, 1.54) is 30.6 Å². The van der Waals surface area contributed by atoms with E-state index >= 15 is 0 Å². The summed E-state index contributed by atoms with van der Waals surface area (Å²) in [6.45, 7) is 1.67. The minimum Gasteiger partial charge on any atom is -0.329 e. The number of hydrogen-bond acceptors (Lipinski definition) is 3. The van der Waals surface area contributed by atoms with Gasteiger partial charge in [0, 0.05) is 12.6 Å². The van der Waals surface area contributed by atoms with Gasteiger partial charge in [-0.2, -0.15) is 0 Å². The van der Waals surface area contributed by atoms with Crippen molar-refractivity contribution < 1.29 is 9.59 Å². The molecule has 0 unspecified atom stereocenters. The van der Waals surface area contributed by atoms with Crippen molar-refractivity contribution in [2.24, 2.45) is 0 Å². The number of rotatable bonds is 5. The molecular formula is C12H21N3O2. The van der Waals surface area contributed by atoms with E-state index < -0.39 is 0 Å². The average molecular weight is 239 g/mol. The molecule has 1 saturated heterocycles. The van der Waals surface area contributed by atoms with Crippen LogP contribution in [0.15, 0.2) is 0 Å². The number of nitrogens with zero attached hydrogens (tertiary/aromatic N) is 2. The Bertz CT molecular complexity index is 284. The predicted octanol–water partition coefficient (Wildman–Crippen LogP) is 0.803. The highest BCUT2D eigenvalue weighted by atomic mass is 16.2. The molecule has 0 radical (unpaired) electrons. The highest BCUT2D eigenvalue weighted by Gasteiger charge is 2.28. The van der Waals surface area contributed by atoms with Crippen LogP contribution in [0.2, 0.25) is 0 Å². The van der Waals surface area contributed by atoms with Crippen molar-refractivity contribution in [3.8, 4) is 0 Å². The van der Waals surface area contributed by atoms with Crippen molar-refractivity contribution in [3.05, 3.63) is 0 Å². The molecule has 3 amide bonds. The number of imide groups is 1. The largest absolute Gasteiger partial charge is 0.329 e. The molecule has 1 aliphatic heterocycles. The molecule has 2 rings (SSSR count). The lowest BCUT2D eigenvalue weighted by Crippen LogP contribution is -2.35. The Balaban J connectivity index is 1.68. The van der Waals surface area contributed by atoms with Crippen LogP contribution in [0.25, 0.3) is 0 Å². The van der Waals surface area contributed by atoms with Crippen LogP contribution in [-0.4, -0.2) is 54.5 Å². The highest BCUT2D eigenvalue weighted by Crippen LogP contribution is 2.22. The first-order chi connectivity index (χ1) is 8.18. The Morgan fingerprint density at radius 2 is 2.06 bits per heavy atom. The number of carbonyl (C=O) groups is 2. The van der Waals surface area contributed by atoms with E-state index in [1.54, 1.807) is 0 Å². The van der Waals surface area contributed by atoms with Crippen LogP contribution in [0.1, 0.15) is 32.1 Å². The maximum Gasteiger partial charge on any atom is 0.324 e. The fourth-order valence-corrected chi connectivity index (χ4v) is 2.69. The Hall–Kier alpha value is -1.10. The van der Waals surface area contributed by atoms with Gasteiger partial charge in [-0.15, -0.1) is 0 Å². The molecule has 0 bridgehead atoms. The van der Waals surface area contributed by atoms with Crippen molar-refractivity contribution in [1.82, 2.24) is 15.1 Å².